The summed E-state index contributed by atoms with van der Waals surface area (Å²) < 4.78 is 0. The average molecular weight is 191 g/mol. The first-order valence-corrected chi connectivity index (χ1v) is 4.26. The lowest BCUT2D eigenvalue weighted by Gasteiger charge is -2.01. The molecule has 0 saturated heterocycles. The maximum atomic E-state index is 8.83. The summed E-state index contributed by atoms with van der Waals surface area (Å²) in [4.78, 5) is 0. The molecule has 0 bridgehead atoms. The largest absolute Gasteiger partial charge is 0.358 e. The minimum Gasteiger partial charge on any atom is -0.358 e. The molecule has 1 heterocycles. The highest BCUT2D eigenvalue weighted by Gasteiger charge is 2.17. The predicted octanol–water partition coefficient (Wildman–Crippen LogP) is 2.69. The molecule has 1 N–H and O–H groups in total. The van der Waals surface area contributed by atoms with Crippen molar-refractivity contribution >= 4 is 17.3 Å². The number of fused-ring (bicyclic) bond motifs is 1. The zero-order valence-corrected chi connectivity index (χ0v) is 7.65. The van der Waals surface area contributed by atoms with Gasteiger partial charge in [0.2, 0.25) is 0 Å². The third-order valence-corrected chi connectivity index (χ3v) is 2.23. The van der Waals surface area contributed by atoms with Gasteiger partial charge in [0.25, 0.3) is 0 Å². The van der Waals surface area contributed by atoms with Gasteiger partial charge in [0.1, 0.15) is 6.07 Å². The third kappa shape index (κ3) is 1.28. The maximum Gasteiger partial charge on any atom is 0.101 e. The molecular formula is C10H7ClN2. The Hall–Kier alpha value is -1.46. The number of anilines is 1. The van der Waals surface area contributed by atoms with Crippen LogP contribution in [0.1, 0.15) is 11.1 Å². The zero-order chi connectivity index (χ0) is 9.42. The van der Waals surface area contributed by atoms with Crippen LogP contribution in [0.4, 0.5) is 5.69 Å². The number of nitriles is 1. The van der Waals surface area contributed by atoms with Crippen molar-refractivity contribution in [1.29, 1.82) is 5.26 Å². The molecule has 2 nitrogen and oxygen atoms in total. The molecule has 2 rings (SSSR count). The fourth-order valence-electron chi connectivity index (χ4n) is 1.49. The molecule has 0 aromatic heterocycles. The van der Waals surface area contributed by atoms with Crippen LogP contribution >= 0.6 is 11.6 Å². The highest BCUT2D eigenvalue weighted by Crippen LogP contribution is 2.32. The second kappa shape index (κ2) is 2.79. The van der Waals surface area contributed by atoms with Crippen LogP contribution in [-0.2, 0) is 6.42 Å². The molecule has 3 heteroatoms. The fourth-order valence-corrected chi connectivity index (χ4v) is 1.73. The summed E-state index contributed by atoms with van der Waals surface area (Å²) in [6.45, 7) is 3.81. The Labute approximate surface area is 81.4 Å². The van der Waals surface area contributed by atoms with Gasteiger partial charge in [0, 0.05) is 17.1 Å². The van der Waals surface area contributed by atoms with E-state index in [1.807, 2.05) is 6.07 Å². The van der Waals surface area contributed by atoms with E-state index in [-0.39, 0.29) is 0 Å². The van der Waals surface area contributed by atoms with Gasteiger partial charge in [-0.1, -0.05) is 18.2 Å². The summed E-state index contributed by atoms with van der Waals surface area (Å²) in [7, 11) is 0. The Morgan fingerprint density at radius 2 is 2.31 bits per heavy atom. The number of hydrogen-bond donors (Lipinski definition) is 1. The second-order valence-corrected chi connectivity index (χ2v) is 3.44. The summed E-state index contributed by atoms with van der Waals surface area (Å²) in [6, 6.07) is 5.62. The van der Waals surface area contributed by atoms with E-state index in [0.29, 0.717) is 10.6 Å². The van der Waals surface area contributed by atoms with Gasteiger partial charge < -0.3 is 5.32 Å². The topological polar surface area (TPSA) is 35.8 Å². The normalized spacial score (nSPS) is 13.4. The Kier molecular flexibility index (Phi) is 1.75. The highest BCUT2D eigenvalue weighted by molar-refractivity contribution is 6.31. The summed E-state index contributed by atoms with van der Waals surface area (Å²) in [5, 5.41) is 12.5. The number of halogens is 1. The van der Waals surface area contributed by atoms with Gasteiger partial charge >= 0.3 is 0 Å². The second-order valence-electron chi connectivity index (χ2n) is 3.00. The van der Waals surface area contributed by atoms with E-state index >= 15 is 0 Å². The van der Waals surface area contributed by atoms with E-state index < -0.39 is 0 Å². The fraction of sp³-hybridized carbons (Fsp3) is 0.100. The van der Waals surface area contributed by atoms with Gasteiger partial charge in [-0.05, 0) is 17.7 Å². The molecule has 64 valence electrons. The molecule has 0 aliphatic carbocycles. The summed E-state index contributed by atoms with van der Waals surface area (Å²) in [5.74, 6) is 0. The number of hydrogen-bond acceptors (Lipinski definition) is 2. The van der Waals surface area contributed by atoms with Gasteiger partial charge in [-0.15, -0.1) is 0 Å². The van der Waals surface area contributed by atoms with E-state index in [2.05, 4.69) is 18.0 Å². The first-order chi connectivity index (χ1) is 6.20. The van der Waals surface area contributed by atoms with Crippen LogP contribution in [0.5, 0.6) is 0 Å². The van der Waals surface area contributed by atoms with Crippen molar-refractivity contribution in [3.8, 4) is 6.07 Å². The average Bonchev–Trinajstić information content (AvgIpc) is 2.43. The number of nitrogens with zero attached hydrogens (tertiary/aromatic N) is 1. The van der Waals surface area contributed by atoms with E-state index in [1.54, 1.807) is 6.07 Å². The first-order valence-electron chi connectivity index (χ1n) is 3.88. The van der Waals surface area contributed by atoms with Gasteiger partial charge in [0.05, 0.1) is 11.3 Å². The summed E-state index contributed by atoms with van der Waals surface area (Å²) in [6.07, 6.45) is 0.755. The molecule has 0 fully saturated rings. The molecule has 1 aliphatic heterocycles. The van der Waals surface area contributed by atoms with Crippen LogP contribution in [0, 0.1) is 11.3 Å². The molecule has 1 aromatic rings. The standard InChI is InChI=1S/C10H7ClN2/c1-6-2-7-3-9(11)4-8(5-12)10(7)13-6/h3-4,13H,1-2H2. The Morgan fingerprint density at radius 1 is 1.54 bits per heavy atom. The van der Waals surface area contributed by atoms with Crippen LogP contribution < -0.4 is 5.32 Å². The van der Waals surface area contributed by atoms with Crippen molar-refractivity contribution in [2.24, 2.45) is 0 Å². The Morgan fingerprint density at radius 3 is 3.00 bits per heavy atom. The van der Waals surface area contributed by atoms with Crippen molar-refractivity contribution < 1.29 is 0 Å². The van der Waals surface area contributed by atoms with Crippen molar-refractivity contribution in [2.75, 3.05) is 5.32 Å². The summed E-state index contributed by atoms with van der Waals surface area (Å²) in [5.41, 5.74) is 3.40. The monoisotopic (exact) mass is 190 g/mol. The molecule has 0 saturated carbocycles. The lowest BCUT2D eigenvalue weighted by Crippen LogP contribution is -1.90. The third-order valence-electron chi connectivity index (χ3n) is 2.01. The highest BCUT2D eigenvalue weighted by atomic mass is 35.5. The number of rotatable bonds is 0. The van der Waals surface area contributed by atoms with Crippen molar-refractivity contribution in [2.45, 2.75) is 6.42 Å². The molecule has 1 aliphatic rings. The molecular weight excluding hydrogens is 184 g/mol. The maximum absolute atomic E-state index is 8.83. The Bertz CT molecular complexity index is 429. The minimum atomic E-state index is 0.584. The Balaban J connectivity index is 2.64. The molecule has 0 spiro atoms. The smallest absolute Gasteiger partial charge is 0.101 e. The molecule has 0 radical (unpaired) electrons. The van der Waals surface area contributed by atoms with Crippen LogP contribution in [0.15, 0.2) is 24.4 Å². The van der Waals surface area contributed by atoms with Crippen molar-refractivity contribution in [3.05, 3.63) is 40.6 Å². The van der Waals surface area contributed by atoms with E-state index in [9.17, 15) is 0 Å². The van der Waals surface area contributed by atoms with Gasteiger partial charge in [-0.3, -0.25) is 0 Å². The van der Waals surface area contributed by atoms with E-state index in [1.165, 1.54) is 0 Å². The lowest BCUT2D eigenvalue weighted by atomic mass is 10.1. The summed E-state index contributed by atoms with van der Waals surface area (Å²) >= 11 is 5.85. The number of allylic oxidation sites excluding steroid dienone is 1. The van der Waals surface area contributed by atoms with E-state index in [4.69, 9.17) is 16.9 Å². The van der Waals surface area contributed by atoms with Gasteiger partial charge in [0.15, 0.2) is 0 Å². The van der Waals surface area contributed by atoms with Crippen LogP contribution in [0.3, 0.4) is 0 Å². The van der Waals surface area contributed by atoms with Crippen molar-refractivity contribution in [3.63, 3.8) is 0 Å². The molecule has 13 heavy (non-hydrogen) atoms. The molecule has 0 unspecified atom stereocenters. The quantitative estimate of drug-likeness (QED) is 0.683. The van der Waals surface area contributed by atoms with Crippen LogP contribution in [-0.4, -0.2) is 0 Å². The van der Waals surface area contributed by atoms with Crippen LogP contribution in [0.2, 0.25) is 5.02 Å². The SMILES string of the molecule is C=C1Cc2cc(Cl)cc(C#N)c2N1. The van der Waals surface area contributed by atoms with Crippen molar-refractivity contribution in [1.82, 2.24) is 0 Å². The van der Waals surface area contributed by atoms with E-state index in [0.717, 1.165) is 23.4 Å². The number of benzene rings is 1. The zero-order valence-electron chi connectivity index (χ0n) is 6.89. The lowest BCUT2D eigenvalue weighted by molar-refractivity contribution is 1.26. The number of nitrogens with one attached hydrogen (secondary N) is 1. The first kappa shape index (κ1) is 8.15. The molecule has 0 amide bonds. The molecule has 0 atom stereocenters. The molecule has 1 aromatic carbocycles. The predicted molar refractivity (Wildman–Crippen MR) is 52.6 cm³/mol. The minimum absolute atomic E-state index is 0.584. The van der Waals surface area contributed by atoms with Crippen LogP contribution in [0.25, 0.3) is 0 Å². The van der Waals surface area contributed by atoms with Gasteiger partial charge in [-0.2, -0.15) is 5.26 Å². The van der Waals surface area contributed by atoms with Gasteiger partial charge in [-0.25, -0.2) is 0 Å².